The second-order valence-electron chi connectivity index (χ2n) is 3.99. The highest BCUT2D eigenvalue weighted by Gasteiger charge is 2.20. The number of ether oxygens (including phenoxy) is 1. The molecule has 1 unspecified atom stereocenters. The molecule has 7 heteroatoms. The first-order valence-corrected chi connectivity index (χ1v) is 5.85. The van der Waals surface area contributed by atoms with Crippen LogP contribution in [0.1, 0.15) is 17.3 Å². The number of aliphatic hydroxyl groups excluding tert-OH is 1. The van der Waals surface area contributed by atoms with E-state index in [1.807, 2.05) is 0 Å². The first-order chi connectivity index (χ1) is 9.47. The molecule has 0 fully saturated rings. The van der Waals surface area contributed by atoms with Crippen molar-refractivity contribution in [2.75, 3.05) is 19.0 Å². The molecule has 1 rings (SSSR count). The number of aliphatic hydroxyl groups is 1. The standard InChI is InChI=1S/C13H16N2O5/c1-8(17)9-4-3-5-10(6-9)14-13(19)15-11(7-16)12(18)20-2/h3-6,11,16H,7H2,1-2H3,(H2,14,15,19). The van der Waals surface area contributed by atoms with E-state index in [0.717, 1.165) is 7.11 Å². The molecule has 1 atom stereocenters. The Morgan fingerprint density at radius 2 is 2.05 bits per heavy atom. The van der Waals surface area contributed by atoms with Crippen LogP contribution in [0.2, 0.25) is 0 Å². The second kappa shape index (κ2) is 7.25. The molecule has 1 aromatic rings. The van der Waals surface area contributed by atoms with Crippen LogP contribution < -0.4 is 10.6 Å². The molecule has 7 nitrogen and oxygen atoms in total. The topological polar surface area (TPSA) is 105 Å². The minimum absolute atomic E-state index is 0.128. The van der Waals surface area contributed by atoms with Crippen LogP contribution in [0.15, 0.2) is 24.3 Å². The van der Waals surface area contributed by atoms with E-state index in [2.05, 4.69) is 15.4 Å². The lowest BCUT2D eigenvalue weighted by atomic mass is 10.1. The van der Waals surface area contributed by atoms with E-state index < -0.39 is 24.6 Å². The van der Waals surface area contributed by atoms with E-state index in [0.29, 0.717) is 11.3 Å². The van der Waals surface area contributed by atoms with Gasteiger partial charge in [0.15, 0.2) is 11.8 Å². The number of hydrogen-bond acceptors (Lipinski definition) is 5. The van der Waals surface area contributed by atoms with E-state index in [9.17, 15) is 14.4 Å². The van der Waals surface area contributed by atoms with Crippen LogP contribution >= 0.6 is 0 Å². The van der Waals surface area contributed by atoms with Gasteiger partial charge in [0.25, 0.3) is 0 Å². The van der Waals surface area contributed by atoms with Crippen LogP contribution in [0.3, 0.4) is 0 Å². The third-order valence-electron chi connectivity index (χ3n) is 2.50. The SMILES string of the molecule is COC(=O)C(CO)NC(=O)Nc1cccc(C(C)=O)c1. The Morgan fingerprint density at radius 1 is 1.35 bits per heavy atom. The lowest BCUT2D eigenvalue weighted by Gasteiger charge is -2.14. The number of urea groups is 1. The fourth-order valence-electron chi connectivity index (χ4n) is 1.46. The van der Waals surface area contributed by atoms with E-state index in [4.69, 9.17) is 5.11 Å². The summed E-state index contributed by atoms with van der Waals surface area (Å²) in [6.07, 6.45) is 0. The van der Waals surface area contributed by atoms with Gasteiger partial charge in [0.2, 0.25) is 0 Å². The van der Waals surface area contributed by atoms with Crippen molar-refractivity contribution in [2.24, 2.45) is 0 Å². The molecule has 1 aromatic carbocycles. The number of carbonyl (C=O) groups is 3. The summed E-state index contributed by atoms with van der Waals surface area (Å²) in [5.41, 5.74) is 0.853. The van der Waals surface area contributed by atoms with E-state index in [1.165, 1.54) is 13.0 Å². The summed E-state index contributed by atoms with van der Waals surface area (Å²) in [5.74, 6) is -0.878. The Labute approximate surface area is 115 Å². The second-order valence-corrected chi connectivity index (χ2v) is 3.99. The van der Waals surface area contributed by atoms with Crippen LogP contribution in [0.4, 0.5) is 10.5 Å². The summed E-state index contributed by atoms with van der Waals surface area (Å²) in [4.78, 5) is 34.1. The zero-order chi connectivity index (χ0) is 15.1. The smallest absolute Gasteiger partial charge is 0.330 e. The van der Waals surface area contributed by atoms with Gasteiger partial charge in [-0.2, -0.15) is 0 Å². The first kappa shape index (κ1) is 15.6. The molecule has 0 heterocycles. The van der Waals surface area contributed by atoms with Crippen molar-refractivity contribution in [2.45, 2.75) is 13.0 Å². The van der Waals surface area contributed by atoms with Gasteiger partial charge in [-0.25, -0.2) is 9.59 Å². The fraction of sp³-hybridized carbons (Fsp3) is 0.308. The average Bonchev–Trinajstić information content (AvgIpc) is 2.44. The van der Waals surface area contributed by atoms with Crippen molar-refractivity contribution in [1.29, 1.82) is 0 Å². The van der Waals surface area contributed by atoms with Crippen molar-refractivity contribution in [1.82, 2.24) is 5.32 Å². The summed E-state index contributed by atoms with van der Waals surface area (Å²) in [5, 5.41) is 13.7. The Kier molecular flexibility index (Phi) is 5.67. The van der Waals surface area contributed by atoms with Gasteiger partial charge in [-0.1, -0.05) is 12.1 Å². The summed E-state index contributed by atoms with van der Waals surface area (Å²) < 4.78 is 4.42. The highest BCUT2D eigenvalue weighted by molar-refractivity contribution is 5.97. The number of hydrogen-bond donors (Lipinski definition) is 3. The highest BCUT2D eigenvalue weighted by Crippen LogP contribution is 2.11. The van der Waals surface area contributed by atoms with E-state index in [-0.39, 0.29) is 5.78 Å². The predicted molar refractivity (Wildman–Crippen MR) is 71.5 cm³/mol. The molecular weight excluding hydrogens is 264 g/mol. The van der Waals surface area contributed by atoms with Gasteiger partial charge in [-0.05, 0) is 19.1 Å². The van der Waals surface area contributed by atoms with E-state index in [1.54, 1.807) is 18.2 Å². The molecule has 108 valence electrons. The Morgan fingerprint density at radius 3 is 2.60 bits per heavy atom. The maximum atomic E-state index is 11.7. The number of nitrogens with one attached hydrogen (secondary N) is 2. The minimum Gasteiger partial charge on any atom is -0.467 e. The van der Waals surface area contributed by atoms with Gasteiger partial charge < -0.3 is 20.5 Å². The number of Topliss-reactive ketones (excluding diaryl/α,β-unsaturated/α-hetero) is 1. The van der Waals surface area contributed by atoms with Crippen LogP contribution in [-0.4, -0.2) is 42.6 Å². The summed E-state index contributed by atoms with van der Waals surface area (Å²) in [6, 6.07) is 4.52. The van der Waals surface area contributed by atoms with Crippen LogP contribution in [0, 0.1) is 0 Å². The van der Waals surface area contributed by atoms with Gasteiger partial charge >= 0.3 is 12.0 Å². The molecule has 0 radical (unpaired) electrons. The van der Waals surface area contributed by atoms with E-state index >= 15 is 0 Å². The molecular formula is C13H16N2O5. The van der Waals surface area contributed by atoms with Crippen LogP contribution in [0.25, 0.3) is 0 Å². The minimum atomic E-state index is -1.14. The number of rotatable bonds is 5. The maximum absolute atomic E-state index is 11.7. The summed E-state index contributed by atoms with van der Waals surface area (Å²) in [6.45, 7) is 0.839. The zero-order valence-corrected chi connectivity index (χ0v) is 11.2. The van der Waals surface area contributed by atoms with Crippen molar-refractivity contribution in [3.05, 3.63) is 29.8 Å². The molecule has 0 bridgehead atoms. The molecule has 0 aliphatic heterocycles. The predicted octanol–water partition coefficient (Wildman–Crippen LogP) is 0.545. The number of ketones is 1. The monoisotopic (exact) mass is 280 g/mol. The average molecular weight is 280 g/mol. The molecule has 0 saturated heterocycles. The molecule has 0 saturated carbocycles. The Balaban J connectivity index is 2.68. The maximum Gasteiger partial charge on any atom is 0.330 e. The van der Waals surface area contributed by atoms with Gasteiger partial charge in [0, 0.05) is 11.3 Å². The third kappa shape index (κ3) is 4.36. The lowest BCUT2D eigenvalue weighted by molar-refractivity contribution is -0.143. The Hall–Kier alpha value is -2.41. The van der Waals surface area contributed by atoms with Gasteiger partial charge in [-0.15, -0.1) is 0 Å². The molecule has 0 aliphatic rings. The number of esters is 1. The molecule has 0 aliphatic carbocycles. The number of amides is 2. The number of anilines is 1. The van der Waals surface area contributed by atoms with Gasteiger partial charge in [-0.3, -0.25) is 4.79 Å². The molecule has 20 heavy (non-hydrogen) atoms. The highest BCUT2D eigenvalue weighted by atomic mass is 16.5. The quantitative estimate of drug-likeness (QED) is 0.539. The van der Waals surface area contributed by atoms with Gasteiger partial charge in [0.05, 0.1) is 13.7 Å². The number of benzene rings is 1. The zero-order valence-electron chi connectivity index (χ0n) is 11.2. The van der Waals surface area contributed by atoms with Gasteiger partial charge in [0.1, 0.15) is 0 Å². The fourth-order valence-corrected chi connectivity index (χ4v) is 1.46. The number of methoxy groups -OCH3 is 1. The lowest BCUT2D eigenvalue weighted by Crippen LogP contribution is -2.45. The van der Waals surface area contributed by atoms with Crippen LogP contribution in [-0.2, 0) is 9.53 Å². The third-order valence-corrected chi connectivity index (χ3v) is 2.50. The molecule has 0 aromatic heterocycles. The normalized spacial score (nSPS) is 11.3. The Bertz CT molecular complexity index is 515. The van der Waals surface area contributed by atoms with Crippen molar-refractivity contribution < 1.29 is 24.2 Å². The van der Waals surface area contributed by atoms with Crippen molar-refractivity contribution >= 4 is 23.5 Å². The molecule has 2 amide bonds. The summed E-state index contributed by atoms with van der Waals surface area (Å²) in [7, 11) is 1.15. The number of carbonyl (C=O) groups excluding carboxylic acids is 3. The van der Waals surface area contributed by atoms with Crippen molar-refractivity contribution in [3.8, 4) is 0 Å². The molecule has 0 spiro atoms. The van der Waals surface area contributed by atoms with Crippen LogP contribution in [0.5, 0.6) is 0 Å². The molecule has 3 N–H and O–H groups in total. The first-order valence-electron chi connectivity index (χ1n) is 5.85. The van der Waals surface area contributed by atoms with Crippen molar-refractivity contribution in [3.63, 3.8) is 0 Å². The largest absolute Gasteiger partial charge is 0.467 e. The summed E-state index contributed by atoms with van der Waals surface area (Å²) >= 11 is 0.